The fraction of sp³-hybridized carbons (Fsp3) is 0.217. The van der Waals surface area contributed by atoms with Crippen molar-refractivity contribution in [3.63, 3.8) is 0 Å². The van der Waals surface area contributed by atoms with E-state index in [1.54, 1.807) is 32.9 Å². The average molecular weight is 490 g/mol. The maximum absolute atomic E-state index is 13.8. The monoisotopic (exact) mass is 489 g/mol. The number of benzene rings is 2. The molecule has 0 fully saturated rings. The van der Waals surface area contributed by atoms with Crippen LogP contribution in [-0.2, 0) is 21.3 Å². The minimum absolute atomic E-state index is 0.00710. The second kappa shape index (κ2) is 10.1. The van der Waals surface area contributed by atoms with Crippen molar-refractivity contribution in [1.82, 2.24) is 4.72 Å². The number of hydrogen-bond donors (Lipinski definition) is 3. The Morgan fingerprint density at radius 2 is 1.71 bits per heavy atom. The molecule has 3 rings (SSSR count). The van der Waals surface area contributed by atoms with E-state index in [9.17, 15) is 22.4 Å². The molecular weight excluding hydrogens is 465 g/mol. The van der Waals surface area contributed by atoms with E-state index in [0.29, 0.717) is 5.76 Å². The maximum atomic E-state index is 13.8. The van der Waals surface area contributed by atoms with Crippen molar-refractivity contribution in [3.05, 3.63) is 78.0 Å². The summed E-state index contributed by atoms with van der Waals surface area (Å²) in [6.07, 6.45) is 0.663. The predicted octanol–water partition coefficient (Wildman–Crippen LogP) is 4.50. The van der Waals surface area contributed by atoms with Crippen LogP contribution in [0.25, 0.3) is 0 Å². The molecule has 9 nitrogen and oxygen atoms in total. The van der Waals surface area contributed by atoms with Crippen molar-refractivity contribution >= 4 is 33.4 Å². The van der Waals surface area contributed by atoms with Gasteiger partial charge in [-0.3, -0.25) is 10.1 Å². The molecule has 0 atom stereocenters. The van der Waals surface area contributed by atoms with Crippen LogP contribution in [0.1, 0.15) is 36.9 Å². The number of carbonyl (C=O) groups is 2. The number of carbonyl (C=O) groups excluding carboxylic acids is 2. The molecule has 1 heterocycles. The number of halogens is 1. The van der Waals surface area contributed by atoms with Gasteiger partial charge in [0.2, 0.25) is 10.0 Å². The molecule has 0 aliphatic carbocycles. The summed E-state index contributed by atoms with van der Waals surface area (Å²) in [5.41, 5.74) is -0.488. The Balaban J connectivity index is 1.71. The molecule has 11 heteroatoms. The molecule has 3 N–H and O–H groups in total. The van der Waals surface area contributed by atoms with E-state index >= 15 is 0 Å². The van der Waals surface area contributed by atoms with Crippen LogP contribution in [0, 0.1) is 5.82 Å². The van der Waals surface area contributed by atoms with Crippen LogP contribution in [0.3, 0.4) is 0 Å². The van der Waals surface area contributed by atoms with Gasteiger partial charge in [0.25, 0.3) is 5.91 Å². The Morgan fingerprint density at radius 1 is 1.00 bits per heavy atom. The first-order valence-electron chi connectivity index (χ1n) is 10.2. The van der Waals surface area contributed by atoms with Crippen LogP contribution in [0.4, 0.5) is 20.6 Å². The Bertz CT molecular complexity index is 1270. The third kappa shape index (κ3) is 6.90. The van der Waals surface area contributed by atoms with Crippen LogP contribution in [0.15, 0.2) is 70.2 Å². The topological polar surface area (TPSA) is 127 Å². The van der Waals surface area contributed by atoms with Crippen molar-refractivity contribution in [2.45, 2.75) is 37.8 Å². The molecule has 2 aromatic carbocycles. The average Bonchev–Trinajstić information content (AvgIpc) is 3.27. The zero-order chi connectivity index (χ0) is 24.9. The molecular formula is C23H24FN3O6S. The van der Waals surface area contributed by atoms with Gasteiger partial charge in [0.05, 0.1) is 29.1 Å². The lowest BCUT2D eigenvalue weighted by Gasteiger charge is -2.20. The highest BCUT2D eigenvalue weighted by Crippen LogP contribution is 2.25. The lowest BCUT2D eigenvalue weighted by Crippen LogP contribution is -2.27. The van der Waals surface area contributed by atoms with Crippen LogP contribution < -0.4 is 15.4 Å². The lowest BCUT2D eigenvalue weighted by atomic mass is 10.2. The predicted molar refractivity (Wildman–Crippen MR) is 123 cm³/mol. The van der Waals surface area contributed by atoms with Crippen LogP contribution in [0.5, 0.6) is 0 Å². The number of hydrogen-bond acceptors (Lipinski definition) is 6. The molecule has 0 saturated carbocycles. The molecule has 34 heavy (non-hydrogen) atoms. The summed E-state index contributed by atoms with van der Waals surface area (Å²) < 4.78 is 51.3. The molecule has 0 aliphatic heterocycles. The zero-order valence-corrected chi connectivity index (χ0v) is 19.5. The molecule has 1 aromatic heterocycles. The van der Waals surface area contributed by atoms with Gasteiger partial charge in [0.15, 0.2) is 0 Å². The van der Waals surface area contributed by atoms with Gasteiger partial charge >= 0.3 is 6.09 Å². The SMILES string of the molecule is CC(C)(C)OC(=O)Nc1ccc(F)cc1NC(=O)c1ccc(S(=O)(=O)NCc2ccco2)cc1. The second-order valence-electron chi connectivity index (χ2n) is 8.20. The summed E-state index contributed by atoms with van der Waals surface area (Å²) in [5, 5.41) is 4.98. The quantitative estimate of drug-likeness (QED) is 0.449. The summed E-state index contributed by atoms with van der Waals surface area (Å²) in [7, 11) is -3.83. The Hall–Kier alpha value is -3.70. The fourth-order valence-electron chi connectivity index (χ4n) is 2.79. The summed E-state index contributed by atoms with van der Waals surface area (Å²) in [6.45, 7) is 5.05. The highest BCUT2D eigenvalue weighted by Gasteiger charge is 2.19. The van der Waals surface area contributed by atoms with Crippen molar-refractivity contribution in [1.29, 1.82) is 0 Å². The molecule has 3 aromatic rings. The second-order valence-corrected chi connectivity index (χ2v) is 9.97. The number of amides is 2. The van der Waals surface area contributed by atoms with E-state index in [1.807, 2.05) is 0 Å². The van der Waals surface area contributed by atoms with E-state index in [4.69, 9.17) is 9.15 Å². The zero-order valence-electron chi connectivity index (χ0n) is 18.7. The summed E-state index contributed by atoms with van der Waals surface area (Å²) >= 11 is 0. The summed E-state index contributed by atoms with van der Waals surface area (Å²) in [5.74, 6) is -0.815. The van der Waals surface area contributed by atoms with Crippen LogP contribution >= 0.6 is 0 Å². The van der Waals surface area contributed by atoms with Crippen molar-refractivity contribution in [2.75, 3.05) is 10.6 Å². The summed E-state index contributed by atoms with van der Waals surface area (Å²) in [4.78, 5) is 24.7. The molecule has 0 spiro atoms. The fourth-order valence-corrected chi connectivity index (χ4v) is 3.78. The van der Waals surface area contributed by atoms with Gasteiger partial charge in [-0.2, -0.15) is 0 Å². The molecule has 0 unspecified atom stereocenters. The highest BCUT2D eigenvalue weighted by molar-refractivity contribution is 7.89. The molecule has 0 saturated heterocycles. The Labute approximate surface area is 196 Å². The Kier molecular flexibility index (Phi) is 7.38. The van der Waals surface area contributed by atoms with E-state index in [2.05, 4.69) is 15.4 Å². The van der Waals surface area contributed by atoms with Crippen LogP contribution in [-0.4, -0.2) is 26.0 Å². The first kappa shape index (κ1) is 24.9. The van der Waals surface area contributed by atoms with Gasteiger partial charge < -0.3 is 14.5 Å². The standard InChI is InChI=1S/C23H24FN3O6S/c1-23(2,3)33-22(29)27-19-11-8-16(24)13-20(19)26-21(28)15-6-9-18(10-7-15)34(30,31)25-14-17-5-4-12-32-17/h4-13,25H,14H2,1-3H3,(H,26,28)(H,27,29). The largest absolute Gasteiger partial charge is 0.468 e. The first-order valence-corrected chi connectivity index (χ1v) is 11.6. The van der Waals surface area contributed by atoms with E-state index < -0.39 is 33.4 Å². The van der Waals surface area contributed by atoms with Gasteiger partial charge in [0.1, 0.15) is 17.2 Å². The minimum Gasteiger partial charge on any atom is -0.468 e. The van der Waals surface area contributed by atoms with Gasteiger partial charge in [-0.05, 0) is 75.4 Å². The number of ether oxygens (including phenoxy) is 1. The number of rotatable bonds is 7. The van der Waals surface area contributed by atoms with Gasteiger partial charge in [0, 0.05) is 5.56 Å². The molecule has 0 radical (unpaired) electrons. The maximum Gasteiger partial charge on any atom is 0.412 e. The molecule has 0 bridgehead atoms. The highest BCUT2D eigenvalue weighted by atomic mass is 32.2. The number of furan rings is 1. The number of anilines is 2. The van der Waals surface area contributed by atoms with E-state index in [0.717, 1.165) is 12.1 Å². The van der Waals surface area contributed by atoms with Crippen molar-refractivity contribution in [3.8, 4) is 0 Å². The lowest BCUT2D eigenvalue weighted by molar-refractivity contribution is 0.0635. The number of nitrogens with one attached hydrogen (secondary N) is 3. The van der Waals surface area contributed by atoms with Crippen LogP contribution in [0.2, 0.25) is 0 Å². The van der Waals surface area contributed by atoms with E-state index in [-0.39, 0.29) is 28.4 Å². The van der Waals surface area contributed by atoms with E-state index in [1.165, 1.54) is 36.6 Å². The summed E-state index contributed by atoms with van der Waals surface area (Å²) in [6, 6.07) is 11.9. The number of sulfonamides is 1. The molecule has 180 valence electrons. The van der Waals surface area contributed by atoms with Crippen molar-refractivity contribution < 1.29 is 31.6 Å². The first-order chi connectivity index (χ1) is 15.9. The van der Waals surface area contributed by atoms with Crippen molar-refractivity contribution in [2.24, 2.45) is 0 Å². The molecule has 0 aliphatic rings. The van der Waals surface area contributed by atoms with Gasteiger partial charge in [-0.25, -0.2) is 22.3 Å². The minimum atomic E-state index is -3.83. The molecule has 2 amide bonds. The Morgan fingerprint density at radius 3 is 2.32 bits per heavy atom. The van der Waals surface area contributed by atoms with Gasteiger partial charge in [-0.15, -0.1) is 0 Å². The third-order valence-electron chi connectivity index (χ3n) is 4.31. The third-order valence-corrected chi connectivity index (χ3v) is 5.73. The van der Waals surface area contributed by atoms with Gasteiger partial charge in [-0.1, -0.05) is 0 Å². The normalized spacial score (nSPS) is 11.6. The smallest absolute Gasteiger partial charge is 0.412 e.